The van der Waals surface area contributed by atoms with Crippen LogP contribution in [0, 0.1) is 5.41 Å². The average molecular weight is 248 g/mol. The van der Waals surface area contributed by atoms with E-state index >= 15 is 0 Å². The van der Waals surface area contributed by atoms with E-state index in [2.05, 4.69) is 0 Å². The molecule has 0 spiro atoms. The third-order valence-electron chi connectivity index (χ3n) is 3.40. The summed E-state index contributed by atoms with van der Waals surface area (Å²) in [5.74, 6) is 0.657. The van der Waals surface area contributed by atoms with Gasteiger partial charge in [-0.05, 0) is 13.3 Å². The Morgan fingerprint density at radius 3 is 2.69 bits per heavy atom. The van der Waals surface area contributed by atoms with Crippen LogP contribution in [0.15, 0.2) is 0 Å². The molecule has 0 aromatic heterocycles. The molecule has 1 heterocycles. The van der Waals surface area contributed by atoms with E-state index in [1.807, 2.05) is 32.6 Å². The zero-order chi connectivity index (χ0) is 12.3. The second kappa shape index (κ2) is 5.37. The van der Waals surface area contributed by atoms with E-state index < -0.39 is 0 Å². The van der Waals surface area contributed by atoms with Crippen LogP contribution < -0.4 is 0 Å². The normalized spacial score (nSPS) is 26.9. The minimum absolute atomic E-state index is 0.0190. The highest BCUT2D eigenvalue weighted by Gasteiger charge is 2.36. The summed E-state index contributed by atoms with van der Waals surface area (Å²) < 4.78 is 5.54. The van der Waals surface area contributed by atoms with Crippen LogP contribution in [0.1, 0.15) is 34.1 Å². The fourth-order valence-electron chi connectivity index (χ4n) is 1.73. The maximum absolute atomic E-state index is 12.4. The molecule has 1 aliphatic heterocycles. The van der Waals surface area contributed by atoms with Crippen LogP contribution in [0.2, 0.25) is 0 Å². The van der Waals surface area contributed by atoms with Gasteiger partial charge in [-0.1, -0.05) is 20.8 Å². The van der Waals surface area contributed by atoms with E-state index in [-0.39, 0.29) is 23.5 Å². The molecule has 1 aliphatic rings. The van der Waals surface area contributed by atoms with Crippen LogP contribution in [-0.2, 0) is 9.53 Å². The molecule has 0 aromatic rings. The van der Waals surface area contributed by atoms with Gasteiger partial charge < -0.3 is 9.64 Å². The molecule has 1 saturated heterocycles. The molecule has 4 heteroatoms. The second-order valence-electron chi connectivity index (χ2n) is 5.15. The second-order valence-corrected chi connectivity index (χ2v) is 5.46. The Morgan fingerprint density at radius 1 is 1.56 bits per heavy atom. The summed E-state index contributed by atoms with van der Waals surface area (Å²) in [6, 6.07) is 0.151. The van der Waals surface area contributed by atoms with E-state index in [9.17, 15) is 4.79 Å². The molecule has 3 nitrogen and oxygen atoms in total. The Morgan fingerprint density at radius 2 is 2.19 bits per heavy atom. The first-order valence-electron chi connectivity index (χ1n) is 5.91. The van der Waals surface area contributed by atoms with Crippen molar-refractivity contribution in [2.75, 3.05) is 19.0 Å². The van der Waals surface area contributed by atoms with Crippen molar-refractivity contribution in [3.8, 4) is 0 Å². The molecule has 0 N–H and O–H groups in total. The molecule has 16 heavy (non-hydrogen) atoms. The average Bonchev–Trinajstić information content (AvgIpc) is 2.29. The van der Waals surface area contributed by atoms with Crippen LogP contribution >= 0.6 is 11.6 Å². The minimum atomic E-state index is -0.289. The standard InChI is InChI=1S/C12H22ClNO2/c1-5-12(3,4)11(15)14-7-10(6-13)16-8-9(14)2/h9-10H,5-8H2,1-4H3. The number of amides is 1. The molecule has 2 atom stereocenters. The lowest BCUT2D eigenvalue weighted by atomic mass is 9.87. The number of rotatable bonds is 3. The van der Waals surface area contributed by atoms with E-state index in [0.29, 0.717) is 19.0 Å². The molecular formula is C12H22ClNO2. The number of morpholine rings is 1. The number of carbonyl (C=O) groups is 1. The molecule has 1 amide bonds. The molecule has 0 bridgehead atoms. The van der Waals surface area contributed by atoms with Gasteiger partial charge in [0.2, 0.25) is 5.91 Å². The fourth-order valence-corrected chi connectivity index (χ4v) is 1.92. The summed E-state index contributed by atoms with van der Waals surface area (Å²) in [5, 5.41) is 0. The summed E-state index contributed by atoms with van der Waals surface area (Å²) in [6.07, 6.45) is 0.830. The fraction of sp³-hybridized carbons (Fsp3) is 0.917. The van der Waals surface area contributed by atoms with Crippen LogP contribution in [0.5, 0.6) is 0 Å². The number of alkyl halides is 1. The summed E-state index contributed by atoms with van der Waals surface area (Å²) in [4.78, 5) is 14.3. The van der Waals surface area contributed by atoms with Gasteiger partial charge in [-0.25, -0.2) is 0 Å². The Hall–Kier alpha value is -0.280. The van der Waals surface area contributed by atoms with Gasteiger partial charge in [0.05, 0.1) is 24.6 Å². The predicted molar refractivity (Wildman–Crippen MR) is 65.7 cm³/mol. The highest BCUT2D eigenvalue weighted by molar-refractivity contribution is 6.18. The van der Waals surface area contributed by atoms with Crippen molar-refractivity contribution in [2.45, 2.75) is 46.3 Å². The van der Waals surface area contributed by atoms with Crippen molar-refractivity contribution in [1.82, 2.24) is 4.90 Å². The number of hydrogen-bond acceptors (Lipinski definition) is 2. The Bertz CT molecular complexity index is 255. The van der Waals surface area contributed by atoms with Gasteiger partial charge in [0, 0.05) is 12.0 Å². The van der Waals surface area contributed by atoms with Gasteiger partial charge in [0.15, 0.2) is 0 Å². The lowest BCUT2D eigenvalue weighted by Crippen LogP contribution is -2.54. The Kier molecular flexibility index (Phi) is 4.62. The number of carbonyl (C=O) groups excluding carboxylic acids is 1. The summed E-state index contributed by atoms with van der Waals surface area (Å²) >= 11 is 5.78. The molecule has 1 rings (SSSR count). The molecule has 0 saturated carbocycles. The van der Waals surface area contributed by atoms with Gasteiger partial charge in [0.1, 0.15) is 0 Å². The number of nitrogens with zero attached hydrogens (tertiary/aromatic N) is 1. The summed E-state index contributed by atoms with van der Waals surface area (Å²) in [6.45, 7) is 9.26. The smallest absolute Gasteiger partial charge is 0.228 e. The molecular weight excluding hydrogens is 226 g/mol. The van der Waals surface area contributed by atoms with Gasteiger partial charge >= 0.3 is 0 Å². The number of ether oxygens (including phenoxy) is 1. The Balaban J connectivity index is 2.73. The van der Waals surface area contributed by atoms with Crippen LogP contribution in [0.4, 0.5) is 0 Å². The lowest BCUT2D eigenvalue weighted by molar-refractivity contribution is -0.152. The zero-order valence-electron chi connectivity index (χ0n) is 10.6. The quantitative estimate of drug-likeness (QED) is 0.716. The topological polar surface area (TPSA) is 29.5 Å². The predicted octanol–water partition coefficient (Wildman–Crippen LogP) is 2.28. The molecule has 0 radical (unpaired) electrons. The molecule has 1 fully saturated rings. The van der Waals surface area contributed by atoms with Crippen molar-refractivity contribution in [3.05, 3.63) is 0 Å². The first-order chi connectivity index (χ1) is 7.42. The van der Waals surface area contributed by atoms with E-state index in [4.69, 9.17) is 16.3 Å². The molecule has 0 aliphatic carbocycles. The largest absolute Gasteiger partial charge is 0.373 e. The van der Waals surface area contributed by atoms with Crippen molar-refractivity contribution in [3.63, 3.8) is 0 Å². The molecule has 0 aromatic carbocycles. The van der Waals surface area contributed by atoms with E-state index in [1.165, 1.54) is 0 Å². The number of hydrogen-bond donors (Lipinski definition) is 0. The summed E-state index contributed by atoms with van der Waals surface area (Å²) in [5.41, 5.74) is -0.289. The van der Waals surface area contributed by atoms with Gasteiger partial charge in [0.25, 0.3) is 0 Å². The van der Waals surface area contributed by atoms with Crippen molar-refractivity contribution in [1.29, 1.82) is 0 Å². The zero-order valence-corrected chi connectivity index (χ0v) is 11.4. The number of halogens is 1. The first-order valence-corrected chi connectivity index (χ1v) is 6.44. The lowest BCUT2D eigenvalue weighted by Gasteiger charge is -2.41. The van der Waals surface area contributed by atoms with Crippen LogP contribution in [-0.4, -0.2) is 42.0 Å². The highest BCUT2D eigenvalue weighted by Crippen LogP contribution is 2.26. The third-order valence-corrected chi connectivity index (χ3v) is 3.75. The molecule has 2 unspecified atom stereocenters. The van der Waals surface area contributed by atoms with Gasteiger partial charge in [-0.2, -0.15) is 0 Å². The maximum atomic E-state index is 12.4. The highest BCUT2D eigenvalue weighted by atomic mass is 35.5. The SMILES string of the molecule is CCC(C)(C)C(=O)N1CC(CCl)OCC1C. The van der Waals surface area contributed by atoms with Gasteiger partial charge in [-0.3, -0.25) is 4.79 Å². The van der Waals surface area contributed by atoms with Crippen LogP contribution in [0.3, 0.4) is 0 Å². The van der Waals surface area contributed by atoms with Gasteiger partial charge in [-0.15, -0.1) is 11.6 Å². The molecule has 94 valence electrons. The van der Waals surface area contributed by atoms with Crippen molar-refractivity contribution < 1.29 is 9.53 Å². The van der Waals surface area contributed by atoms with E-state index in [1.54, 1.807) is 0 Å². The van der Waals surface area contributed by atoms with Crippen molar-refractivity contribution in [2.24, 2.45) is 5.41 Å². The van der Waals surface area contributed by atoms with Crippen LogP contribution in [0.25, 0.3) is 0 Å². The summed E-state index contributed by atoms with van der Waals surface area (Å²) in [7, 11) is 0. The van der Waals surface area contributed by atoms with E-state index in [0.717, 1.165) is 6.42 Å². The monoisotopic (exact) mass is 247 g/mol. The first kappa shape index (κ1) is 13.8. The Labute approximate surface area is 103 Å². The minimum Gasteiger partial charge on any atom is -0.373 e. The van der Waals surface area contributed by atoms with Crippen molar-refractivity contribution >= 4 is 17.5 Å². The third kappa shape index (κ3) is 2.89. The maximum Gasteiger partial charge on any atom is 0.228 e.